The van der Waals surface area contributed by atoms with E-state index in [2.05, 4.69) is 11.4 Å². The third-order valence-electron chi connectivity index (χ3n) is 7.43. The van der Waals surface area contributed by atoms with E-state index < -0.39 is 0 Å². The topological polar surface area (TPSA) is 97.7 Å². The molecule has 2 aromatic rings. The number of carbonyl (C=O) groups is 2. The second-order valence-electron chi connectivity index (χ2n) is 10.2. The molecule has 1 aliphatic heterocycles. The number of ether oxygens (including phenoxy) is 3. The molecule has 0 bridgehead atoms. The first-order valence-corrected chi connectivity index (χ1v) is 14.0. The fourth-order valence-electron chi connectivity index (χ4n) is 5.19. The van der Waals surface area contributed by atoms with Crippen molar-refractivity contribution in [1.29, 1.82) is 5.26 Å². The van der Waals surface area contributed by atoms with Crippen molar-refractivity contribution in [1.82, 2.24) is 5.32 Å². The van der Waals surface area contributed by atoms with Crippen molar-refractivity contribution < 1.29 is 23.8 Å². The Morgan fingerprint density at radius 3 is 2.81 bits per heavy atom. The fourth-order valence-corrected chi connectivity index (χ4v) is 6.64. The van der Waals surface area contributed by atoms with E-state index in [-0.39, 0.29) is 30.1 Å². The van der Waals surface area contributed by atoms with Crippen LogP contribution in [0, 0.1) is 23.2 Å². The molecule has 0 spiro atoms. The number of rotatable bonds is 10. The summed E-state index contributed by atoms with van der Waals surface area (Å²) in [6, 6.07) is 10.2. The molecule has 1 N–H and O–H groups in total. The maximum atomic E-state index is 12.9. The summed E-state index contributed by atoms with van der Waals surface area (Å²) in [6.45, 7) is 4.55. The van der Waals surface area contributed by atoms with Gasteiger partial charge in [-0.3, -0.25) is 4.79 Å². The van der Waals surface area contributed by atoms with Crippen LogP contribution in [-0.4, -0.2) is 45.4 Å². The van der Waals surface area contributed by atoms with Gasteiger partial charge < -0.3 is 19.5 Å². The van der Waals surface area contributed by atoms with Crippen LogP contribution in [0.4, 0.5) is 4.79 Å². The minimum absolute atomic E-state index is 0.0712. The van der Waals surface area contributed by atoms with E-state index in [0.29, 0.717) is 31.1 Å². The molecule has 37 heavy (non-hydrogen) atoms. The number of Topliss-reactive ketones (excluding diaryl/α,β-unsaturated/α-hetero) is 1. The summed E-state index contributed by atoms with van der Waals surface area (Å²) in [5.41, 5.74) is 2.82. The Morgan fingerprint density at radius 1 is 1.24 bits per heavy atom. The monoisotopic (exact) mass is 524 g/mol. The van der Waals surface area contributed by atoms with E-state index in [1.165, 1.54) is 0 Å². The van der Waals surface area contributed by atoms with E-state index in [1.807, 2.05) is 31.2 Å². The highest BCUT2D eigenvalue weighted by Gasteiger charge is 2.28. The molecule has 1 saturated heterocycles. The zero-order chi connectivity index (χ0) is 26.2. The van der Waals surface area contributed by atoms with Gasteiger partial charge in [0.15, 0.2) is 0 Å². The van der Waals surface area contributed by atoms with Crippen molar-refractivity contribution in [2.75, 3.05) is 33.5 Å². The molecule has 4 rings (SSSR count). The van der Waals surface area contributed by atoms with Gasteiger partial charge in [0.05, 0.1) is 19.3 Å². The number of fused-ring (bicyclic) bond motifs is 1. The second kappa shape index (κ2) is 13.1. The molecule has 2 atom stereocenters. The van der Waals surface area contributed by atoms with Crippen molar-refractivity contribution in [2.45, 2.75) is 57.8 Å². The summed E-state index contributed by atoms with van der Waals surface area (Å²) in [7, 11) is 1.64. The van der Waals surface area contributed by atoms with E-state index in [1.54, 1.807) is 18.4 Å². The van der Waals surface area contributed by atoms with Gasteiger partial charge in [0, 0.05) is 42.4 Å². The lowest BCUT2D eigenvalue weighted by molar-refractivity contribution is -0.118. The molecule has 2 heterocycles. The average Bonchev–Trinajstić information content (AvgIpc) is 3.27. The standard InChI is InChI=1S/C29H36N2O5S/c1-19(22-4-3-5-24(14-22)34-2)12-23(32)15-28-26(16-30)25-7-6-21(13-27(25)37-28)18-36-29(33)31-17-20-8-10-35-11-9-20/h3-5,14,19-21H,6-13,15,17-18H2,1-2H3,(H,31,33). The highest BCUT2D eigenvalue weighted by molar-refractivity contribution is 7.12. The molecule has 7 nitrogen and oxygen atoms in total. The molecule has 198 valence electrons. The minimum atomic E-state index is -0.363. The number of hydrogen-bond donors (Lipinski definition) is 1. The number of hydrogen-bond acceptors (Lipinski definition) is 7. The highest BCUT2D eigenvalue weighted by Crippen LogP contribution is 2.37. The van der Waals surface area contributed by atoms with E-state index in [0.717, 1.165) is 71.9 Å². The molecule has 2 unspecified atom stereocenters. The molecule has 1 aromatic heterocycles. The van der Waals surface area contributed by atoms with Crippen LogP contribution in [0.15, 0.2) is 24.3 Å². The SMILES string of the molecule is COc1cccc(C(C)CC(=O)Cc2sc3c(c2C#N)CCC(COC(=O)NCC2CCOCC2)C3)c1. The van der Waals surface area contributed by atoms with Crippen LogP contribution in [0.2, 0.25) is 0 Å². The zero-order valence-electron chi connectivity index (χ0n) is 21.7. The van der Waals surface area contributed by atoms with Gasteiger partial charge in [0.25, 0.3) is 0 Å². The molecule has 1 aromatic carbocycles. The first-order chi connectivity index (χ1) is 18.0. The van der Waals surface area contributed by atoms with Crippen molar-refractivity contribution in [3.8, 4) is 11.8 Å². The smallest absolute Gasteiger partial charge is 0.407 e. The minimum Gasteiger partial charge on any atom is -0.497 e. The van der Waals surface area contributed by atoms with Crippen LogP contribution in [0.3, 0.4) is 0 Å². The number of ketones is 1. The number of methoxy groups -OCH3 is 1. The lowest BCUT2D eigenvalue weighted by Gasteiger charge is -2.23. The lowest BCUT2D eigenvalue weighted by Crippen LogP contribution is -2.33. The summed E-state index contributed by atoms with van der Waals surface area (Å²) in [4.78, 5) is 27.1. The number of amides is 1. The number of alkyl carbamates (subject to hydrolysis) is 1. The van der Waals surface area contributed by atoms with Crippen LogP contribution in [-0.2, 0) is 33.5 Å². The maximum Gasteiger partial charge on any atom is 0.407 e. The molecule has 1 fully saturated rings. The van der Waals surface area contributed by atoms with Gasteiger partial charge in [-0.1, -0.05) is 19.1 Å². The van der Waals surface area contributed by atoms with Gasteiger partial charge in [-0.25, -0.2) is 4.79 Å². The highest BCUT2D eigenvalue weighted by atomic mass is 32.1. The summed E-state index contributed by atoms with van der Waals surface area (Å²) < 4.78 is 16.2. The Morgan fingerprint density at radius 2 is 2.05 bits per heavy atom. The maximum absolute atomic E-state index is 12.9. The van der Waals surface area contributed by atoms with Crippen molar-refractivity contribution in [3.05, 3.63) is 50.7 Å². The Hall–Kier alpha value is -2.89. The van der Waals surface area contributed by atoms with Gasteiger partial charge in [-0.05, 0) is 73.1 Å². The van der Waals surface area contributed by atoms with E-state index in [4.69, 9.17) is 14.2 Å². The van der Waals surface area contributed by atoms with E-state index in [9.17, 15) is 14.9 Å². The van der Waals surface area contributed by atoms with Crippen molar-refractivity contribution >= 4 is 23.2 Å². The van der Waals surface area contributed by atoms with Gasteiger partial charge in [-0.15, -0.1) is 11.3 Å². The summed E-state index contributed by atoms with van der Waals surface area (Å²) in [6.07, 6.45) is 4.69. The van der Waals surface area contributed by atoms with Gasteiger partial charge in [0.2, 0.25) is 0 Å². The number of thiophene rings is 1. The summed E-state index contributed by atoms with van der Waals surface area (Å²) in [5.74, 6) is 1.66. The first-order valence-electron chi connectivity index (χ1n) is 13.1. The average molecular weight is 525 g/mol. The molecule has 1 aliphatic carbocycles. The van der Waals surface area contributed by atoms with Crippen LogP contribution < -0.4 is 10.1 Å². The zero-order valence-corrected chi connectivity index (χ0v) is 22.5. The normalized spacial score (nSPS) is 18.4. The molecule has 0 saturated carbocycles. The fraction of sp³-hybridized carbons (Fsp3) is 0.552. The van der Waals surface area contributed by atoms with Gasteiger partial charge >= 0.3 is 6.09 Å². The van der Waals surface area contributed by atoms with Crippen LogP contribution in [0.25, 0.3) is 0 Å². The molecule has 8 heteroatoms. The van der Waals surface area contributed by atoms with Gasteiger partial charge in [0.1, 0.15) is 17.6 Å². The number of nitriles is 1. The number of nitrogens with zero attached hydrogens (tertiary/aromatic N) is 1. The molecule has 1 amide bonds. The van der Waals surface area contributed by atoms with Crippen LogP contribution >= 0.6 is 11.3 Å². The third-order valence-corrected chi connectivity index (χ3v) is 8.69. The first kappa shape index (κ1) is 27.2. The number of nitrogens with one attached hydrogen (secondary N) is 1. The Kier molecular flexibility index (Phi) is 9.59. The van der Waals surface area contributed by atoms with Crippen molar-refractivity contribution in [2.24, 2.45) is 11.8 Å². The Bertz CT molecular complexity index is 1130. The summed E-state index contributed by atoms with van der Waals surface area (Å²) >= 11 is 1.58. The van der Waals surface area contributed by atoms with E-state index >= 15 is 0 Å². The number of carbonyl (C=O) groups excluding carboxylic acids is 2. The Labute approximate surface area is 223 Å². The molecule has 0 radical (unpaired) electrons. The lowest BCUT2D eigenvalue weighted by atomic mass is 9.87. The quantitative estimate of drug-likeness (QED) is 0.459. The van der Waals surface area contributed by atoms with Crippen molar-refractivity contribution in [3.63, 3.8) is 0 Å². The number of benzene rings is 1. The van der Waals surface area contributed by atoms with Crippen LogP contribution in [0.5, 0.6) is 5.75 Å². The van der Waals surface area contributed by atoms with Gasteiger partial charge in [-0.2, -0.15) is 5.26 Å². The predicted molar refractivity (Wildman–Crippen MR) is 142 cm³/mol. The summed E-state index contributed by atoms with van der Waals surface area (Å²) in [5, 5.41) is 12.7. The van der Waals surface area contributed by atoms with Crippen LogP contribution in [0.1, 0.15) is 65.0 Å². The second-order valence-corrected chi connectivity index (χ2v) is 11.3. The molecular formula is C29H36N2O5S. The molecule has 2 aliphatic rings. The largest absolute Gasteiger partial charge is 0.497 e. The Balaban J connectivity index is 1.29. The molecular weight excluding hydrogens is 488 g/mol. The predicted octanol–water partition coefficient (Wildman–Crippen LogP) is 5.19. The third kappa shape index (κ3) is 7.33.